The van der Waals surface area contributed by atoms with Gasteiger partial charge in [0.1, 0.15) is 5.52 Å². The summed E-state index contributed by atoms with van der Waals surface area (Å²) in [5.74, 6) is 1.42. The van der Waals surface area contributed by atoms with Crippen LogP contribution in [0.2, 0.25) is 0 Å². The first-order valence-corrected chi connectivity index (χ1v) is 6.97. The molecule has 0 spiro atoms. The smallest absolute Gasteiger partial charge is 0.240 e. The molecule has 3 rings (SSSR count). The Balaban J connectivity index is 1.61. The van der Waals surface area contributed by atoms with Gasteiger partial charge in [0.2, 0.25) is 5.88 Å². The molecule has 5 heteroatoms. The predicted molar refractivity (Wildman–Crippen MR) is 73.4 cm³/mol. The highest BCUT2D eigenvalue weighted by Gasteiger charge is 2.13. The van der Waals surface area contributed by atoms with Gasteiger partial charge in [0, 0.05) is 12.4 Å². The van der Waals surface area contributed by atoms with Crippen molar-refractivity contribution in [3.8, 4) is 5.88 Å². The molecule has 1 fully saturated rings. The molecule has 1 unspecified atom stereocenters. The van der Waals surface area contributed by atoms with Crippen LogP contribution >= 0.6 is 0 Å². The molecule has 0 saturated carbocycles. The van der Waals surface area contributed by atoms with Crippen molar-refractivity contribution in [1.29, 1.82) is 0 Å². The molecule has 0 aromatic carbocycles. The summed E-state index contributed by atoms with van der Waals surface area (Å²) >= 11 is 0. The van der Waals surface area contributed by atoms with Crippen LogP contribution in [0.3, 0.4) is 0 Å². The summed E-state index contributed by atoms with van der Waals surface area (Å²) in [5, 5.41) is 7.79. The third kappa shape index (κ3) is 2.87. The second kappa shape index (κ2) is 5.57. The Morgan fingerprint density at radius 3 is 3.32 bits per heavy atom. The second-order valence-corrected chi connectivity index (χ2v) is 5.20. The molecule has 102 valence electrons. The van der Waals surface area contributed by atoms with E-state index in [0.29, 0.717) is 5.88 Å². The van der Waals surface area contributed by atoms with E-state index >= 15 is 0 Å². The van der Waals surface area contributed by atoms with Gasteiger partial charge in [-0.1, -0.05) is 0 Å². The number of nitrogens with one attached hydrogen (secondary N) is 1. The fourth-order valence-electron chi connectivity index (χ4n) is 2.62. The summed E-state index contributed by atoms with van der Waals surface area (Å²) in [6, 6.07) is 2.00. The van der Waals surface area contributed by atoms with E-state index in [2.05, 4.69) is 15.4 Å². The molecule has 2 aromatic heterocycles. The summed E-state index contributed by atoms with van der Waals surface area (Å²) in [7, 11) is 0. The van der Waals surface area contributed by atoms with Gasteiger partial charge in [0.05, 0.1) is 12.3 Å². The van der Waals surface area contributed by atoms with Crippen molar-refractivity contribution < 1.29 is 4.74 Å². The standard InChI is InChI=1S/C14H20N4O/c1-11-9-13-14(16-6-7-18(13)17-11)19-8-4-12-3-2-5-15-10-12/h6-7,9,12,15H,2-5,8,10H2,1H3. The molecular formula is C14H20N4O. The van der Waals surface area contributed by atoms with Gasteiger partial charge in [-0.25, -0.2) is 9.50 Å². The molecule has 0 bridgehead atoms. The van der Waals surface area contributed by atoms with Crippen LogP contribution < -0.4 is 10.1 Å². The topological polar surface area (TPSA) is 51.5 Å². The first-order valence-electron chi connectivity index (χ1n) is 6.97. The highest BCUT2D eigenvalue weighted by molar-refractivity contribution is 5.56. The Morgan fingerprint density at radius 1 is 1.53 bits per heavy atom. The van der Waals surface area contributed by atoms with Crippen LogP contribution in [-0.2, 0) is 0 Å². The van der Waals surface area contributed by atoms with Crippen molar-refractivity contribution in [1.82, 2.24) is 19.9 Å². The van der Waals surface area contributed by atoms with E-state index in [1.807, 2.05) is 23.7 Å². The lowest BCUT2D eigenvalue weighted by atomic mass is 9.97. The van der Waals surface area contributed by atoms with E-state index in [-0.39, 0.29) is 0 Å². The maximum Gasteiger partial charge on any atom is 0.240 e. The van der Waals surface area contributed by atoms with Crippen LogP contribution in [0, 0.1) is 12.8 Å². The van der Waals surface area contributed by atoms with Gasteiger partial charge < -0.3 is 10.1 Å². The number of fused-ring (bicyclic) bond motifs is 1. The van der Waals surface area contributed by atoms with Gasteiger partial charge in [-0.15, -0.1) is 0 Å². The zero-order valence-corrected chi connectivity index (χ0v) is 11.3. The Bertz CT molecular complexity index is 545. The summed E-state index contributed by atoms with van der Waals surface area (Å²) in [4.78, 5) is 4.30. The van der Waals surface area contributed by atoms with E-state index in [4.69, 9.17) is 4.74 Å². The zero-order chi connectivity index (χ0) is 13.1. The average Bonchev–Trinajstić information content (AvgIpc) is 2.81. The number of hydrogen-bond acceptors (Lipinski definition) is 4. The van der Waals surface area contributed by atoms with E-state index in [0.717, 1.165) is 43.2 Å². The Morgan fingerprint density at radius 2 is 2.47 bits per heavy atom. The van der Waals surface area contributed by atoms with Gasteiger partial charge in [0.25, 0.3) is 0 Å². The number of hydrogen-bond donors (Lipinski definition) is 1. The van der Waals surface area contributed by atoms with Crippen LogP contribution in [0.1, 0.15) is 25.0 Å². The van der Waals surface area contributed by atoms with Crippen molar-refractivity contribution in [3.63, 3.8) is 0 Å². The third-order valence-electron chi connectivity index (χ3n) is 3.64. The molecule has 0 amide bonds. The quantitative estimate of drug-likeness (QED) is 0.911. The van der Waals surface area contributed by atoms with Crippen molar-refractivity contribution in [2.45, 2.75) is 26.2 Å². The normalized spacial score (nSPS) is 19.7. The number of rotatable bonds is 4. The lowest BCUT2D eigenvalue weighted by Crippen LogP contribution is -2.30. The van der Waals surface area contributed by atoms with Gasteiger partial charge >= 0.3 is 0 Å². The van der Waals surface area contributed by atoms with E-state index < -0.39 is 0 Å². The van der Waals surface area contributed by atoms with Crippen LogP contribution in [0.15, 0.2) is 18.5 Å². The number of ether oxygens (including phenoxy) is 1. The molecular weight excluding hydrogens is 240 g/mol. The largest absolute Gasteiger partial charge is 0.476 e. The summed E-state index contributed by atoms with van der Waals surface area (Å²) in [5.41, 5.74) is 1.93. The van der Waals surface area contributed by atoms with Crippen molar-refractivity contribution in [2.24, 2.45) is 5.92 Å². The van der Waals surface area contributed by atoms with Gasteiger partial charge in [-0.3, -0.25) is 0 Å². The molecule has 2 aromatic rings. The maximum atomic E-state index is 5.84. The fourth-order valence-corrected chi connectivity index (χ4v) is 2.62. The average molecular weight is 260 g/mol. The molecule has 0 radical (unpaired) electrons. The number of nitrogens with zero attached hydrogens (tertiary/aromatic N) is 3. The fraction of sp³-hybridized carbons (Fsp3) is 0.571. The van der Waals surface area contributed by atoms with E-state index in [1.54, 1.807) is 6.20 Å². The Labute approximate surface area is 113 Å². The van der Waals surface area contributed by atoms with Crippen LogP contribution in [0.25, 0.3) is 5.52 Å². The Hall–Kier alpha value is -1.62. The van der Waals surface area contributed by atoms with E-state index in [1.165, 1.54) is 12.8 Å². The maximum absolute atomic E-state index is 5.84. The summed E-state index contributed by atoms with van der Waals surface area (Å²) < 4.78 is 7.65. The molecule has 5 nitrogen and oxygen atoms in total. The first-order chi connectivity index (χ1) is 9.33. The minimum Gasteiger partial charge on any atom is -0.476 e. The minimum absolute atomic E-state index is 0.687. The van der Waals surface area contributed by atoms with Crippen molar-refractivity contribution in [2.75, 3.05) is 19.7 Å². The van der Waals surface area contributed by atoms with Crippen LogP contribution in [0.5, 0.6) is 5.88 Å². The predicted octanol–water partition coefficient (Wildman–Crippen LogP) is 1.81. The molecule has 0 aliphatic carbocycles. The Kier molecular flexibility index (Phi) is 3.64. The lowest BCUT2D eigenvalue weighted by Gasteiger charge is -2.22. The SMILES string of the molecule is Cc1cc2c(OCCC3CCCNC3)nccn2n1. The molecule has 1 aliphatic rings. The lowest BCUT2D eigenvalue weighted by molar-refractivity contribution is 0.249. The van der Waals surface area contributed by atoms with Crippen LogP contribution in [-0.4, -0.2) is 34.3 Å². The molecule has 1 aliphatic heterocycles. The van der Waals surface area contributed by atoms with Crippen molar-refractivity contribution >= 4 is 5.52 Å². The number of piperidine rings is 1. The highest BCUT2D eigenvalue weighted by Crippen LogP contribution is 2.19. The minimum atomic E-state index is 0.687. The van der Waals surface area contributed by atoms with Gasteiger partial charge in [0.15, 0.2) is 0 Å². The number of aryl methyl sites for hydroxylation is 1. The van der Waals surface area contributed by atoms with E-state index in [9.17, 15) is 0 Å². The summed E-state index contributed by atoms with van der Waals surface area (Å²) in [6.45, 7) is 4.98. The molecule has 1 saturated heterocycles. The zero-order valence-electron chi connectivity index (χ0n) is 11.3. The van der Waals surface area contributed by atoms with Crippen molar-refractivity contribution in [3.05, 3.63) is 24.2 Å². The third-order valence-corrected chi connectivity index (χ3v) is 3.64. The van der Waals surface area contributed by atoms with Gasteiger partial charge in [-0.2, -0.15) is 5.10 Å². The van der Waals surface area contributed by atoms with Crippen LogP contribution in [0.4, 0.5) is 0 Å². The molecule has 19 heavy (non-hydrogen) atoms. The van der Waals surface area contributed by atoms with Gasteiger partial charge in [-0.05, 0) is 51.3 Å². The number of aromatic nitrogens is 3. The molecule has 1 atom stereocenters. The molecule has 1 N–H and O–H groups in total. The molecule has 3 heterocycles. The first kappa shape index (κ1) is 12.4. The second-order valence-electron chi connectivity index (χ2n) is 5.20. The highest BCUT2D eigenvalue weighted by atomic mass is 16.5. The monoisotopic (exact) mass is 260 g/mol. The summed E-state index contributed by atoms with van der Waals surface area (Å²) in [6.07, 6.45) is 7.25.